The van der Waals surface area contributed by atoms with Crippen molar-refractivity contribution in [3.63, 3.8) is 0 Å². The van der Waals surface area contributed by atoms with Gasteiger partial charge in [-0.25, -0.2) is 9.97 Å². The summed E-state index contributed by atoms with van der Waals surface area (Å²) < 4.78 is 0. The van der Waals surface area contributed by atoms with E-state index < -0.39 is 0 Å². The molecule has 1 atom stereocenters. The normalized spacial score (nSPS) is 17.2. The number of benzene rings is 2. The van der Waals surface area contributed by atoms with Crippen molar-refractivity contribution in [2.45, 2.75) is 12.3 Å². The van der Waals surface area contributed by atoms with Crippen LogP contribution in [0.25, 0.3) is 11.0 Å². The number of nitrogens with zero attached hydrogens (tertiary/aromatic N) is 3. The standard InChI is InChI=1S/C19H16ClN3O2/c20-14-5-3-4-12(10-14)13-8-9-23(11-13)19(25)17-18(24)22-16-7-2-1-6-15(16)21-17/h1-7,10,13H,8-9,11H2,(H,22,24). The molecule has 2 aromatic carbocycles. The fraction of sp³-hybridized carbons (Fsp3) is 0.211. The number of carbonyl (C=O) groups is 1. The van der Waals surface area contributed by atoms with Crippen LogP contribution in [-0.4, -0.2) is 39.0 Å². The van der Waals surface area contributed by atoms with Gasteiger partial charge in [0.15, 0.2) is 5.69 Å². The van der Waals surface area contributed by atoms with Crippen LogP contribution in [0.15, 0.2) is 48.5 Å². The molecule has 5 nitrogen and oxygen atoms in total. The zero-order valence-corrected chi connectivity index (χ0v) is 14.1. The minimum absolute atomic E-state index is 0.00504. The minimum Gasteiger partial charge on any atom is -0.492 e. The predicted molar refractivity (Wildman–Crippen MR) is 95.9 cm³/mol. The first-order valence-corrected chi connectivity index (χ1v) is 8.50. The monoisotopic (exact) mass is 353 g/mol. The number of halogens is 1. The Balaban J connectivity index is 1.59. The largest absolute Gasteiger partial charge is 0.492 e. The minimum atomic E-state index is -0.324. The first-order chi connectivity index (χ1) is 12.1. The highest BCUT2D eigenvalue weighted by molar-refractivity contribution is 6.30. The lowest BCUT2D eigenvalue weighted by molar-refractivity contribution is 0.0781. The maximum Gasteiger partial charge on any atom is 0.278 e. The van der Waals surface area contributed by atoms with E-state index in [2.05, 4.69) is 9.97 Å². The first-order valence-electron chi connectivity index (χ1n) is 8.12. The van der Waals surface area contributed by atoms with E-state index in [0.717, 1.165) is 12.0 Å². The number of para-hydroxylation sites is 2. The molecule has 0 radical (unpaired) electrons. The molecule has 1 amide bonds. The Hall–Kier alpha value is -2.66. The molecule has 1 N–H and O–H groups in total. The molecule has 4 rings (SSSR count). The number of rotatable bonds is 2. The van der Waals surface area contributed by atoms with Crippen LogP contribution in [0.1, 0.15) is 28.4 Å². The zero-order chi connectivity index (χ0) is 17.4. The molecule has 1 aliphatic heterocycles. The van der Waals surface area contributed by atoms with Crippen LogP contribution in [0.2, 0.25) is 5.02 Å². The van der Waals surface area contributed by atoms with Crippen molar-refractivity contribution in [3.8, 4) is 5.88 Å². The van der Waals surface area contributed by atoms with Crippen molar-refractivity contribution in [1.82, 2.24) is 14.9 Å². The highest BCUT2D eigenvalue weighted by Gasteiger charge is 2.30. The zero-order valence-electron chi connectivity index (χ0n) is 13.4. The van der Waals surface area contributed by atoms with Crippen molar-refractivity contribution in [1.29, 1.82) is 0 Å². The molecule has 1 saturated heterocycles. The Morgan fingerprint density at radius 2 is 1.88 bits per heavy atom. The van der Waals surface area contributed by atoms with Gasteiger partial charge >= 0.3 is 0 Å². The van der Waals surface area contributed by atoms with Gasteiger partial charge < -0.3 is 10.0 Å². The predicted octanol–water partition coefficient (Wildman–Crippen LogP) is 3.62. The number of fused-ring (bicyclic) bond motifs is 1. The molecule has 126 valence electrons. The van der Waals surface area contributed by atoms with Crippen LogP contribution in [-0.2, 0) is 0 Å². The quantitative estimate of drug-likeness (QED) is 0.764. The van der Waals surface area contributed by atoms with Crippen LogP contribution < -0.4 is 0 Å². The van der Waals surface area contributed by atoms with E-state index >= 15 is 0 Å². The summed E-state index contributed by atoms with van der Waals surface area (Å²) in [5.74, 6) is -0.381. The maximum atomic E-state index is 12.8. The van der Waals surface area contributed by atoms with Crippen LogP contribution in [0.4, 0.5) is 0 Å². The van der Waals surface area contributed by atoms with Crippen molar-refractivity contribution < 1.29 is 9.90 Å². The fourth-order valence-corrected chi connectivity index (χ4v) is 3.46. The van der Waals surface area contributed by atoms with Gasteiger partial charge in [-0.15, -0.1) is 0 Å². The number of aromatic hydroxyl groups is 1. The van der Waals surface area contributed by atoms with Crippen molar-refractivity contribution in [2.24, 2.45) is 0 Å². The van der Waals surface area contributed by atoms with E-state index in [0.29, 0.717) is 29.1 Å². The van der Waals surface area contributed by atoms with Gasteiger partial charge in [0.1, 0.15) is 0 Å². The van der Waals surface area contributed by atoms with E-state index in [4.69, 9.17) is 11.6 Å². The molecule has 25 heavy (non-hydrogen) atoms. The van der Waals surface area contributed by atoms with Crippen molar-refractivity contribution >= 4 is 28.5 Å². The SMILES string of the molecule is O=C(c1nc2ccccc2nc1O)N1CCC(c2cccc(Cl)c2)C1. The molecule has 2 heterocycles. The lowest BCUT2D eigenvalue weighted by atomic mass is 9.99. The van der Waals surface area contributed by atoms with E-state index in [9.17, 15) is 9.90 Å². The van der Waals surface area contributed by atoms with Gasteiger partial charge in [0.25, 0.3) is 5.91 Å². The van der Waals surface area contributed by atoms with Gasteiger partial charge in [0.2, 0.25) is 5.88 Å². The van der Waals surface area contributed by atoms with Gasteiger partial charge in [-0.1, -0.05) is 35.9 Å². The van der Waals surface area contributed by atoms with Gasteiger partial charge in [-0.05, 0) is 36.2 Å². The Kier molecular flexibility index (Phi) is 4.01. The summed E-state index contributed by atoms with van der Waals surface area (Å²) in [6.45, 7) is 1.19. The summed E-state index contributed by atoms with van der Waals surface area (Å²) in [7, 11) is 0. The molecule has 0 spiro atoms. The second kappa shape index (κ2) is 6.33. The molecule has 0 saturated carbocycles. The van der Waals surface area contributed by atoms with Crippen LogP contribution in [0, 0.1) is 0 Å². The fourth-order valence-electron chi connectivity index (χ4n) is 3.26. The highest BCUT2D eigenvalue weighted by atomic mass is 35.5. The molecule has 1 fully saturated rings. The van der Waals surface area contributed by atoms with Gasteiger partial charge in [0, 0.05) is 24.0 Å². The summed E-state index contributed by atoms with van der Waals surface area (Å²) in [6, 6.07) is 14.9. The summed E-state index contributed by atoms with van der Waals surface area (Å²) in [5, 5.41) is 10.8. The van der Waals surface area contributed by atoms with Gasteiger partial charge in [-0.2, -0.15) is 0 Å². The first kappa shape index (κ1) is 15.8. The summed E-state index contributed by atoms with van der Waals surface area (Å²) in [4.78, 5) is 22.9. The number of hydrogen-bond acceptors (Lipinski definition) is 4. The third kappa shape index (κ3) is 3.03. The molecule has 1 aliphatic rings. The molecular weight excluding hydrogens is 338 g/mol. The molecular formula is C19H16ClN3O2. The number of amides is 1. The Morgan fingerprint density at radius 3 is 2.64 bits per heavy atom. The topological polar surface area (TPSA) is 66.3 Å². The molecule has 1 aromatic heterocycles. The second-order valence-electron chi connectivity index (χ2n) is 6.18. The van der Waals surface area contributed by atoms with Gasteiger partial charge in [-0.3, -0.25) is 4.79 Å². The van der Waals surface area contributed by atoms with E-state index in [1.54, 1.807) is 17.0 Å². The van der Waals surface area contributed by atoms with Crippen molar-refractivity contribution in [2.75, 3.05) is 13.1 Å². The third-order valence-electron chi connectivity index (χ3n) is 4.55. The van der Waals surface area contributed by atoms with Crippen LogP contribution in [0.5, 0.6) is 5.88 Å². The Bertz CT molecular complexity index is 960. The number of likely N-dealkylation sites (tertiary alicyclic amines) is 1. The number of aromatic nitrogens is 2. The molecule has 6 heteroatoms. The van der Waals surface area contributed by atoms with E-state index in [-0.39, 0.29) is 23.4 Å². The second-order valence-corrected chi connectivity index (χ2v) is 6.61. The lowest BCUT2D eigenvalue weighted by Gasteiger charge is -2.17. The Labute approximate surface area is 149 Å². The number of hydrogen-bond donors (Lipinski definition) is 1. The van der Waals surface area contributed by atoms with Gasteiger partial charge in [0.05, 0.1) is 11.0 Å². The smallest absolute Gasteiger partial charge is 0.278 e. The van der Waals surface area contributed by atoms with Crippen molar-refractivity contribution in [3.05, 3.63) is 64.8 Å². The molecule has 0 bridgehead atoms. The van der Waals surface area contributed by atoms with Crippen LogP contribution >= 0.6 is 11.6 Å². The third-order valence-corrected chi connectivity index (χ3v) is 4.79. The number of carbonyl (C=O) groups excluding carboxylic acids is 1. The summed E-state index contributed by atoms with van der Waals surface area (Å²) in [6.07, 6.45) is 0.855. The summed E-state index contributed by atoms with van der Waals surface area (Å²) >= 11 is 6.06. The highest BCUT2D eigenvalue weighted by Crippen LogP contribution is 2.30. The Morgan fingerprint density at radius 1 is 1.12 bits per heavy atom. The van der Waals surface area contributed by atoms with Crippen LogP contribution in [0.3, 0.4) is 0 Å². The average Bonchev–Trinajstić information content (AvgIpc) is 3.11. The molecule has 0 aliphatic carbocycles. The van der Waals surface area contributed by atoms with E-state index in [1.165, 1.54) is 0 Å². The average molecular weight is 354 g/mol. The lowest BCUT2D eigenvalue weighted by Crippen LogP contribution is -2.29. The van der Waals surface area contributed by atoms with E-state index in [1.807, 2.05) is 36.4 Å². The summed E-state index contributed by atoms with van der Waals surface area (Å²) in [5.41, 5.74) is 2.28. The molecule has 3 aromatic rings. The maximum absolute atomic E-state index is 12.8. The molecule has 1 unspecified atom stereocenters.